The minimum absolute atomic E-state index is 0.0460. The number of hydrogen-bond donors (Lipinski definition) is 2. The van der Waals surface area contributed by atoms with Crippen molar-refractivity contribution in [1.82, 2.24) is 0 Å². The van der Waals surface area contributed by atoms with E-state index in [2.05, 4.69) is 0 Å². The van der Waals surface area contributed by atoms with Crippen molar-refractivity contribution in [3.05, 3.63) is 58.7 Å². The van der Waals surface area contributed by atoms with Crippen molar-refractivity contribution in [3.8, 4) is 5.75 Å². The van der Waals surface area contributed by atoms with Crippen LogP contribution < -0.4 is 9.92 Å². The van der Waals surface area contributed by atoms with Gasteiger partial charge < -0.3 is 9.92 Å². The third kappa shape index (κ3) is 2.03. The molecule has 6 nitrogen and oxygen atoms in total. The Hall–Kier alpha value is -2.51. The Morgan fingerprint density at radius 1 is 0.952 bits per heavy atom. The summed E-state index contributed by atoms with van der Waals surface area (Å²) >= 11 is -2.60. The summed E-state index contributed by atoms with van der Waals surface area (Å²) in [7, 11) is 0. The molecule has 0 aliphatic heterocycles. The van der Waals surface area contributed by atoms with Gasteiger partial charge in [-0.2, -0.15) is 4.21 Å². The minimum atomic E-state index is -2.60. The van der Waals surface area contributed by atoms with E-state index in [0.717, 1.165) is 0 Å². The van der Waals surface area contributed by atoms with E-state index < -0.39 is 17.1 Å². The SMILES string of the molecule is Nc1cccc2c1C(=O)c1c(OS(=O)O)cccc1C2=O. The molecule has 2 aromatic carbocycles. The topological polar surface area (TPSA) is 107 Å². The van der Waals surface area contributed by atoms with Gasteiger partial charge in [0.15, 0.2) is 17.3 Å². The summed E-state index contributed by atoms with van der Waals surface area (Å²) < 4.78 is 24.4. The zero-order chi connectivity index (χ0) is 15.1. The second kappa shape index (κ2) is 4.80. The van der Waals surface area contributed by atoms with Gasteiger partial charge in [-0.1, -0.05) is 24.3 Å². The van der Waals surface area contributed by atoms with E-state index >= 15 is 0 Å². The summed E-state index contributed by atoms with van der Waals surface area (Å²) in [5.41, 5.74) is 6.35. The summed E-state index contributed by atoms with van der Waals surface area (Å²) in [6, 6.07) is 8.92. The molecule has 0 spiro atoms. The van der Waals surface area contributed by atoms with E-state index in [9.17, 15) is 13.8 Å². The second-order valence-corrected chi connectivity index (χ2v) is 5.01. The van der Waals surface area contributed by atoms with Crippen molar-refractivity contribution in [2.24, 2.45) is 0 Å². The zero-order valence-corrected chi connectivity index (χ0v) is 11.3. The standard InChI is InChI=1S/C14H9NO5S/c15-9-5-1-3-7-11(9)14(17)12-8(13(7)16)4-2-6-10(12)20-21(18)19/h1-6H,15H2,(H,18,19). The largest absolute Gasteiger partial charge is 0.398 e. The van der Waals surface area contributed by atoms with Crippen molar-refractivity contribution in [2.45, 2.75) is 0 Å². The van der Waals surface area contributed by atoms with Crippen LogP contribution in [0.15, 0.2) is 36.4 Å². The fraction of sp³-hybridized carbons (Fsp3) is 0. The quantitative estimate of drug-likeness (QED) is 0.549. The van der Waals surface area contributed by atoms with Crippen molar-refractivity contribution < 1.29 is 22.5 Å². The first kappa shape index (κ1) is 13.5. The minimum Gasteiger partial charge on any atom is -0.398 e. The van der Waals surface area contributed by atoms with E-state index in [1.165, 1.54) is 30.3 Å². The Bertz CT molecular complexity index is 815. The molecule has 1 aliphatic rings. The molecule has 2 aromatic rings. The molecular weight excluding hydrogens is 294 g/mol. The molecule has 3 rings (SSSR count). The zero-order valence-electron chi connectivity index (χ0n) is 10.5. The molecule has 1 unspecified atom stereocenters. The predicted molar refractivity (Wildman–Crippen MR) is 75.6 cm³/mol. The van der Waals surface area contributed by atoms with E-state index in [4.69, 9.17) is 14.5 Å². The van der Waals surface area contributed by atoms with Gasteiger partial charge in [0.05, 0.1) is 11.1 Å². The van der Waals surface area contributed by atoms with E-state index in [0.29, 0.717) is 0 Å². The van der Waals surface area contributed by atoms with Gasteiger partial charge in [0.2, 0.25) is 0 Å². The molecule has 7 heteroatoms. The number of ketones is 2. The Labute approximate surface area is 122 Å². The van der Waals surface area contributed by atoms with Crippen molar-refractivity contribution in [2.75, 3.05) is 5.73 Å². The molecule has 0 amide bonds. The van der Waals surface area contributed by atoms with Crippen LogP contribution in [-0.4, -0.2) is 20.3 Å². The normalized spacial score (nSPS) is 14.3. The summed E-state index contributed by atoms with van der Waals surface area (Å²) in [5, 5.41) is 0. The molecule has 0 aromatic heterocycles. The summed E-state index contributed by atoms with van der Waals surface area (Å²) in [5.74, 6) is -1.000. The van der Waals surface area contributed by atoms with Crippen LogP contribution in [0.4, 0.5) is 5.69 Å². The number of rotatable bonds is 2. The molecule has 0 heterocycles. The number of nitrogen functional groups attached to an aromatic ring is 1. The first-order valence-corrected chi connectivity index (χ1v) is 6.94. The van der Waals surface area contributed by atoms with E-state index in [-0.39, 0.29) is 39.5 Å². The molecule has 3 N–H and O–H groups in total. The van der Waals surface area contributed by atoms with Crippen LogP contribution in [0.3, 0.4) is 0 Å². The lowest BCUT2D eigenvalue weighted by Crippen LogP contribution is -2.23. The van der Waals surface area contributed by atoms with Crippen molar-refractivity contribution >= 4 is 28.6 Å². The molecule has 1 aliphatic carbocycles. The van der Waals surface area contributed by atoms with Gasteiger partial charge in [-0.15, -0.1) is 0 Å². The number of carbonyl (C=O) groups is 2. The van der Waals surface area contributed by atoms with Gasteiger partial charge in [-0.25, -0.2) is 0 Å². The number of anilines is 1. The molecule has 0 saturated carbocycles. The van der Waals surface area contributed by atoms with E-state index in [1.807, 2.05) is 0 Å². The first-order chi connectivity index (χ1) is 10.0. The predicted octanol–water partition coefficient (Wildman–Crippen LogP) is 1.56. The maximum absolute atomic E-state index is 12.6. The van der Waals surface area contributed by atoms with Crippen LogP contribution in [0.5, 0.6) is 5.75 Å². The average molecular weight is 303 g/mol. The van der Waals surface area contributed by atoms with Crippen molar-refractivity contribution in [1.29, 1.82) is 0 Å². The fourth-order valence-electron chi connectivity index (χ4n) is 2.38. The number of carbonyl (C=O) groups excluding carboxylic acids is 2. The maximum atomic E-state index is 12.6. The molecule has 21 heavy (non-hydrogen) atoms. The maximum Gasteiger partial charge on any atom is 0.357 e. The lowest BCUT2D eigenvalue weighted by atomic mass is 9.83. The highest BCUT2D eigenvalue weighted by Crippen LogP contribution is 2.35. The van der Waals surface area contributed by atoms with Gasteiger partial charge in [-0.05, 0) is 12.1 Å². The fourth-order valence-corrected chi connectivity index (χ4v) is 2.68. The highest BCUT2D eigenvalue weighted by molar-refractivity contribution is 7.74. The van der Waals surface area contributed by atoms with Gasteiger partial charge in [0.1, 0.15) is 0 Å². The molecular formula is C14H9NO5S. The number of hydrogen-bond acceptors (Lipinski definition) is 5. The lowest BCUT2D eigenvalue weighted by molar-refractivity contribution is 0.0978. The Kier molecular flexibility index (Phi) is 3.08. The van der Waals surface area contributed by atoms with Gasteiger partial charge >= 0.3 is 11.4 Å². The number of fused-ring (bicyclic) bond motifs is 2. The average Bonchev–Trinajstić information content (AvgIpc) is 2.43. The van der Waals surface area contributed by atoms with Crippen LogP contribution in [-0.2, 0) is 11.4 Å². The molecule has 0 radical (unpaired) electrons. The molecule has 0 fully saturated rings. The van der Waals surface area contributed by atoms with E-state index in [1.54, 1.807) is 6.07 Å². The van der Waals surface area contributed by atoms with Crippen LogP contribution in [0.25, 0.3) is 0 Å². The number of nitrogens with two attached hydrogens (primary N) is 1. The van der Waals surface area contributed by atoms with Gasteiger partial charge in [-0.3, -0.25) is 14.1 Å². The summed E-state index contributed by atoms with van der Waals surface area (Å²) in [4.78, 5) is 25.0. The lowest BCUT2D eigenvalue weighted by Gasteiger charge is -2.20. The Morgan fingerprint density at radius 2 is 1.57 bits per heavy atom. The summed E-state index contributed by atoms with van der Waals surface area (Å²) in [6.45, 7) is 0. The van der Waals surface area contributed by atoms with Crippen LogP contribution >= 0.6 is 0 Å². The molecule has 0 bridgehead atoms. The molecule has 106 valence electrons. The third-order valence-corrected chi connectivity index (χ3v) is 3.55. The van der Waals surface area contributed by atoms with Gasteiger partial charge in [0, 0.05) is 16.8 Å². The number of benzene rings is 2. The second-order valence-electron chi connectivity index (χ2n) is 4.41. The molecule has 1 atom stereocenters. The van der Waals surface area contributed by atoms with Crippen LogP contribution in [0, 0.1) is 0 Å². The highest BCUT2D eigenvalue weighted by Gasteiger charge is 2.34. The Morgan fingerprint density at radius 3 is 2.24 bits per heavy atom. The highest BCUT2D eigenvalue weighted by atomic mass is 32.2. The summed E-state index contributed by atoms with van der Waals surface area (Å²) in [6.07, 6.45) is 0. The molecule has 0 saturated heterocycles. The van der Waals surface area contributed by atoms with Gasteiger partial charge in [0.25, 0.3) is 0 Å². The van der Waals surface area contributed by atoms with Crippen LogP contribution in [0.2, 0.25) is 0 Å². The van der Waals surface area contributed by atoms with Crippen molar-refractivity contribution in [3.63, 3.8) is 0 Å². The third-order valence-electron chi connectivity index (χ3n) is 3.23. The van der Waals surface area contributed by atoms with Crippen LogP contribution in [0.1, 0.15) is 31.8 Å². The first-order valence-electron chi connectivity index (χ1n) is 5.90. The monoisotopic (exact) mass is 303 g/mol. The Balaban J connectivity index is 2.29. The smallest absolute Gasteiger partial charge is 0.357 e.